The highest BCUT2D eigenvalue weighted by molar-refractivity contribution is 9.11. The number of ether oxygens (including phenoxy) is 1. The molecule has 0 aliphatic heterocycles. The summed E-state index contributed by atoms with van der Waals surface area (Å²) in [7, 11) is 1.69. The molecule has 0 aliphatic rings. The van der Waals surface area contributed by atoms with E-state index in [1.165, 1.54) is 0 Å². The minimum Gasteiger partial charge on any atom is -0.465 e. The minimum absolute atomic E-state index is 0.0809. The SMILES string of the molecule is CCOC(=O)CN(C)CC(=O)Nc1c(Br)cc(C)cc1Br. The van der Waals surface area contributed by atoms with Crippen molar-refractivity contribution in [2.75, 3.05) is 32.1 Å². The zero-order valence-electron chi connectivity index (χ0n) is 12.2. The number of likely N-dealkylation sites (N-methyl/N-ethyl adjacent to an activating group) is 1. The number of aryl methyl sites for hydroxylation is 1. The zero-order valence-corrected chi connectivity index (χ0v) is 15.4. The number of halogens is 2. The Kier molecular flexibility index (Phi) is 7.34. The lowest BCUT2D eigenvalue weighted by Crippen LogP contribution is -2.34. The fraction of sp³-hybridized carbons (Fsp3) is 0.429. The summed E-state index contributed by atoms with van der Waals surface area (Å²) in [4.78, 5) is 24.9. The third-order valence-corrected chi connectivity index (χ3v) is 3.82. The fourth-order valence-electron chi connectivity index (χ4n) is 1.73. The maximum Gasteiger partial charge on any atom is 0.320 e. The number of carbonyl (C=O) groups is 2. The first-order valence-electron chi connectivity index (χ1n) is 6.43. The van der Waals surface area contributed by atoms with Gasteiger partial charge >= 0.3 is 5.97 Å². The summed E-state index contributed by atoms with van der Waals surface area (Å²) in [5, 5.41) is 2.82. The maximum atomic E-state index is 12.0. The molecule has 0 heterocycles. The summed E-state index contributed by atoms with van der Waals surface area (Å²) in [5.74, 6) is -0.544. The third kappa shape index (κ3) is 6.15. The Morgan fingerprint density at radius 2 is 1.81 bits per heavy atom. The van der Waals surface area contributed by atoms with Gasteiger partial charge in [0.05, 0.1) is 25.4 Å². The van der Waals surface area contributed by atoms with E-state index in [2.05, 4.69) is 37.2 Å². The molecule has 1 aromatic rings. The average Bonchev–Trinajstić information content (AvgIpc) is 2.33. The average molecular weight is 422 g/mol. The maximum absolute atomic E-state index is 12.0. The van der Waals surface area contributed by atoms with Crippen molar-refractivity contribution in [2.24, 2.45) is 0 Å². The van der Waals surface area contributed by atoms with E-state index < -0.39 is 0 Å². The molecule has 0 spiro atoms. The number of anilines is 1. The molecule has 0 aromatic heterocycles. The van der Waals surface area contributed by atoms with Crippen molar-refractivity contribution >= 4 is 49.4 Å². The zero-order chi connectivity index (χ0) is 16.0. The van der Waals surface area contributed by atoms with Crippen LogP contribution in [-0.4, -0.2) is 43.5 Å². The smallest absolute Gasteiger partial charge is 0.320 e. The molecule has 7 heteroatoms. The first-order chi connectivity index (χ1) is 9.83. The van der Waals surface area contributed by atoms with Gasteiger partial charge in [0, 0.05) is 8.95 Å². The lowest BCUT2D eigenvalue weighted by molar-refractivity contribution is -0.144. The Labute approximate surface area is 141 Å². The van der Waals surface area contributed by atoms with Crippen molar-refractivity contribution in [1.82, 2.24) is 4.90 Å². The van der Waals surface area contributed by atoms with Gasteiger partial charge in [-0.05, 0) is 70.5 Å². The molecule has 0 fully saturated rings. The predicted octanol–water partition coefficient (Wildman–Crippen LogP) is 2.95. The van der Waals surface area contributed by atoms with Gasteiger partial charge in [0.15, 0.2) is 0 Å². The number of amides is 1. The molecule has 5 nitrogen and oxygen atoms in total. The van der Waals surface area contributed by atoms with Crippen LogP contribution in [0, 0.1) is 6.92 Å². The highest BCUT2D eigenvalue weighted by Crippen LogP contribution is 2.32. The second-order valence-electron chi connectivity index (χ2n) is 4.63. The number of hydrogen-bond acceptors (Lipinski definition) is 4. The summed E-state index contributed by atoms with van der Waals surface area (Å²) in [6.07, 6.45) is 0. The van der Waals surface area contributed by atoms with E-state index in [-0.39, 0.29) is 25.0 Å². The molecule has 0 atom stereocenters. The monoisotopic (exact) mass is 420 g/mol. The molecule has 0 bridgehead atoms. The van der Waals surface area contributed by atoms with Gasteiger partial charge in [0.2, 0.25) is 5.91 Å². The van der Waals surface area contributed by atoms with Gasteiger partial charge < -0.3 is 10.1 Å². The Balaban J connectivity index is 2.60. The Bertz CT molecular complexity index is 512. The van der Waals surface area contributed by atoms with Crippen LogP contribution >= 0.6 is 31.9 Å². The second-order valence-corrected chi connectivity index (χ2v) is 6.34. The summed E-state index contributed by atoms with van der Waals surface area (Å²) in [5.41, 5.74) is 1.75. The fourth-order valence-corrected chi connectivity index (χ4v) is 3.34. The van der Waals surface area contributed by atoms with Gasteiger partial charge in [-0.25, -0.2) is 0 Å². The summed E-state index contributed by atoms with van der Waals surface area (Å²) < 4.78 is 6.44. The molecule has 0 aliphatic carbocycles. The van der Waals surface area contributed by atoms with Crippen LogP contribution < -0.4 is 5.32 Å². The van der Waals surface area contributed by atoms with E-state index in [0.717, 1.165) is 14.5 Å². The van der Waals surface area contributed by atoms with Crippen LogP contribution in [0.5, 0.6) is 0 Å². The molecule has 0 saturated heterocycles. The highest BCUT2D eigenvalue weighted by atomic mass is 79.9. The summed E-state index contributed by atoms with van der Waals surface area (Å²) >= 11 is 6.84. The van der Waals surface area contributed by atoms with Crippen LogP contribution in [-0.2, 0) is 14.3 Å². The van der Waals surface area contributed by atoms with Crippen LogP contribution in [0.2, 0.25) is 0 Å². The van der Waals surface area contributed by atoms with Crippen LogP contribution in [0.15, 0.2) is 21.1 Å². The predicted molar refractivity (Wildman–Crippen MR) is 89.3 cm³/mol. The van der Waals surface area contributed by atoms with E-state index >= 15 is 0 Å². The van der Waals surface area contributed by atoms with E-state index in [0.29, 0.717) is 12.3 Å². The molecule has 0 saturated carbocycles. The van der Waals surface area contributed by atoms with Crippen LogP contribution in [0.25, 0.3) is 0 Å². The van der Waals surface area contributed by atoms with Crippen molar-refractivity contribution in [1.29, 1.82) is 0 Å². The lowest BCUT2D eigenvalue weighted by atomic mass is 10.2. The van der Waals surface area contributed by atoms with Crippen molar-refractivity contribution in [2.45, 2.75) is 13.8 Å². The Hall–Kier alpha value is -0.920. The minimum atomic E-state index is -0.342. The van der Waals surface area contributed by atoms with Gasteiger partial charge in [0.25, 0.3) is 0 Å². The van der Waals surface area contributed by atoms with Crippen LogP contribution in [0.1, 0.15) is 12.5 Å². The number of carbonyl (C=O) groups excluding carboxylic acids is 2. The Morgan fingerprint density at radius 3 is 2.33 bits per heavy atom. The molecule has 0 unspecified atom stereocenters. The quantitative estimate of drug-likeness (QED) is 0.717. The number of nitrogens with one attached hydrogen (secondary N) is 1. The van der Waals surface area contributed by atoms with E-state index in [4.69, 9.17) is 4.74 Å². The van der Waals surface area contributed by atoms with Crippen LogP contribution in [0.3, 0.4) is 0 Å². The molecule has 1 aromatic carbocycles. The topological polar surface area (TPSA) is 58.6 Å². The van der Waals surface area contributed by atoms with E-state index in [1.54, 1.807) is 18.9 Å². The molecule has 1 N–H and O–H groups in total. The normalized spacial score (nSPS) is 10.6. The lowest BCUT2D eigenvalue weighted by Gasteiger charge is -2.16. The molecule has 1 amide bonds. The number of nitrogens with zero attached hydrogens (tertiary/aromatic N) is 1. The summed E-state index contributed by atoms with van der Waals surface area (Å²) in [6.45, 7) is 4.23. The third-order valence-electron chi connectivity index (χ3n) is 2.57. The largest absolute Gasteiger partial charge is 0.465 e. The molecular formula is C14H18Br2N2O3. The molecule has 116 valence electrons. The number of rotatable bonds is 6. The van der Waals surface area contributed by atoms with Crippen molar-refractivity contribution in [3.05, 3.63) is 26.6 Å². The van der Waals surface area contributed by atoms with E-state index in [1.807, 2.05) is 19.1 Å². The van der Waals surface area contributed by atoms with Crippen LogP contribution in [0.4, 0.5) is 5.69 Å². The highest BCUT2D eigenvalue weighted by Gasteiger charge is 2.14. The molecule has 0 radical (unpaired) electrons. The summed E-state index contributed by atoms with van der Waals surface area (Å²) in [6, 6.07) is 3.84. The first kappa shape index (κ1) is 18.1. The standard InChI is InChI=1S/C14H18Br2N2O3/c1-4-21-13(20)8-18(3)7-12(19)17-14-10(15)5-9(2)6-11(14)16/h5-6H,4,7-8H2,1-3H3,(H,17,19). The van der Waals surface area contributed by atoms with Gasteiger partial charge in [-0.1, -0.05) is 0 Å². The first-order valence-corrected chi connectivity index (χ1v) is 8.01. The van der Waals surface area contributed by atoms with Crippen molar-refractivity contribution in [3.63, 3.8) is 0 Å². The molecule has 21 heavy (non-hydrogen) atoms. The molecular weight excluding hydrogens is 404 g/mol. The van der Waals surface area contributed by atoms with Gasteiger partial charge in [-0.15, -0.1) is 0 Å². The van der Waals surface area contributed by atoms with Crippen molar-refractivity contribution in [3.8, 4) is 0 Å². The molecule has 1 rings (SSSR count). The van der Waals surface area contributed by atoms with Gasteiger partial charge in [0.1, 0.15) is 0 Å². The Morgan fingerprint density at radius 1 is 1.24 bits per heavy atom. The number of hydrogen-bond donors (Lipinski definition) is 1. The van der Waals surface area contributed by atoms with E-state index in [9.17, 15) is 9.59 Å². The second kappa shape index (κ2) is 8.51. The van der Waals surface area contributed by atoms with Gasteiger partial charge in [-0.3, -0.25) is 14.5 Å². The number of benzene rings is 1. The van der Waals surface area contributed by atoms with Gasteiger partial charge in [-0.2, -0.15) is 0 Å². The number of esters is 1. The van der Waals surface area contributed by atoms with Crippen molar-refractivity contribution < 1.29 is 14.3 Å².